The zero-order chi connectivity index (χ0) is 34.1. The van der Waals surface area contributed by atoms with Gasteiger partial charge in [-0.3, -0.25) is 14.4 Å². The molecule has 49 heavy (non-hydrogen) atoms. The number of fused-ring (bicyclic) bond motifs is 3. The summed E-state index contributed by atoms with van der Waals surface area (Å²) < 4.78 is 17.7. The first-order chi connectivity index (χ1) is 23.7. The van der Waals surface area contributed by atoms with E-state index in [1.807, 2.05) is 30.3 Å². The highest BCUT2D eigenvalue weighted by Crippen LogP contribution is 2.49. The van der Waals surface area contributed by atoms with Crippen LogP contribution in [-0.4, -0.2) is 43.6 Å². The number of hydrogen-bond acceptors (Lipinski definition) is 6. The molecule has 0 heterocycles. The molecule has 4 fully saturated rings. The van der Waals surface area contributed by atoms with Crippen LogP contribution in [0.3, 0.4) is 0 Å². The average Bonchev–Trinajstić information content (AvgIpc) is 3.72. The van der Waals surface area contributed by atoms with E-state index < -0.39 is 0 Å². The van der Waals surface area contributed by atoms with Crippen molar-refractivity contribution in [2.24, 2.45) is 29.1 Å². The fourth-order valence-electron chi connectivity index (χ4n) is 8.73. The van der Waals surface area contributed by atoms with Crippen LogP contribution >= 0.6 is 11.6 Å². The van der Waals surface area contributed by atoms with Crippen LogP contribution in [0, 0.1) is 29.1 Å². The molecule has 0 saturated heterocycles. The van der Waals surface area contributed by atoms with E-state index in [0.717, 1.165) is 48.4 Å². The molecule has 3 aromatic rings. The number of rotatable bonds is 11. The molecule has 4 aliphatic carbocycles. The molecule has 4 saturated carbocycles. The van der Waals surface area contributed by atoms with Crippen molar-refractivity contribution in [3.63, 3.8) is 0 Å². The van der Waals surface area contributed by atoms with Crippen molar-refractivity contribution in [2.45, 2.75) is 89.9 Å². The molecular weight excluding hydrogens is 640 g/mol. The van der Waals surface area contributed by atoms with Gasteiger partial charge < -0.3 is 24.8 Å². The molecule has 0 spiro atoms. The fraction of sp³-hybridized carbons (Fsp3) is 0.525. The Balaban J connectivity index is 0.958. The van der Waals surface area contributed by atoms with Crippen molar-refractivity contribution in [3.05, 3.63) is 70.7 Å². The molecule has 0 aliphatic heterocycles. The Hall–Kier alpha value is -3.78. The number of nitrogens with one attached hydrogen (secondary N) is 2. The zero-order valence-corrected chi connectivity index (χ0v) is 29.2. The Morgan fingerprint density at radius 3 is 2.43 bits per heavy atom. The second kappa shape index (κ2) is 14.2. The van der Waals surface area contributed by atoms with E-state index in [2.05, 4.69) is 29.7 Å². The lowest BCUT2D eigenvalue weighted by Crippen LogP contribution is -2.51. The van der Waals surface area contributed by atoms with Gasteiger partial charge in [-0.05, 0) is 97.4 Å². The van der Waals surface area contributed by atoms with Gasteiger partial charge in [0.2, 0.25) is 5.91 Å². The van der Waals surface area contributed by atoms with E-state index in [1.165, 1.54) is 13.5 Å². The molecular formula is C40H47ClN2O6. The van der Waals surface area contributed by atoms with Crippen LogP contribution in [0.2, 0.25) is 5.02 Å². The van der Waals surface area contributed by atoms with E-state index in [0.29, 0.717) is 60.2 Å². The molecule has 3 aromatic carbocycles. The van der Waals surface area contributed by atoms with Crippen molar-refractivity contribution in [3.8, 4) is 11.5 Å². The Bertz CT molecular complexity index is 1710. The first kappa shape index (κ1) is 33.7. The molecule has 4 atom stereocenters. The third kappa shape index (κ3) is 7.12. The maximum absolute atomic E-state index is 13.8. The molecule has 8 nitrogen and oxygen atoms in total. The van der Waals surface area contributed by atoms with Crippen molar-refractivity contribution >= 4 is 40.2 Å². The van der Waals surface area contributed by atoms with Crippen LogP contribution in [0.1, 0.15) is 87.1 Å². The molecule has 4 unspecified atom stereocenters. The second-order valence-electron chi connectivity index (χ2n) is 15.1. The number of benzene rings is 3. The summed E-state index contributed by atoms with van der Waals surface area (Å²) in [7, 11) is 1.51. The number of amides is 2. The fourth-order valence-corrected chi connectivity index (χ4v) is 8.93. The number of carbonyl (C=O) groups is 3. The SMILES string of the molecule is COc1cc(Cl)c(OC2CCC(C(=O)OCc3cccc4ccccc34)CC2)cc1C(=O)NC1C2CCC(C2)C1C(=O)NCC1(C)CCC1. The molecule has 2 amide bonds. The summed E-state index contributed by atoms with van der Waals surface area (Å²) in [5.74, 6) is 0.509. The minimum atomic E-state index is -0.294. The summed E-state index contributed by atoms with van der Waals surface area (Å²) in [6.45, 7) is 3.17. The van der Waals surface area contributed by atoms with Crippen molar-refractivity contribution in [1.29, 1.82) is 0 Å². The lowest BCUT2D eigenvalue weighted by Gasteiger charge is -2.39. The number of esters is 1. The normalized spacial score (nSPS) is 26.8. The minimum absolute atomic E-state index is 0.0609. The summed E-state index contributed by atoms with van der Waals surface area (Å²) in [5.41, 5.74) is 1.52. The number of methoxy groups -OCH3 is 1. The van der Waals surface area contributed by atoms with E-state index in [1.54, 1.807) is 12.1 Å². The first-order valence-corrected chi connectivity index (χ1v) is 18.4. The maximum atomic E-state index is 13.8. The topological polar surface area (TPSA) is 103 Å². The largest absolute Gasteiger partial charge is 0.496 e. The molecule has 0 radical (unpaired) electrons. The average molecular weight is 687 g/mol. The minimum Gasteiger partial charge on any atom is -0.496 e. The van der Waals surface area contributed by atoms with Crippen LogP contribution in [0.15, 0.2) is 54.6 Å². The summed E-state index contributed by atoms with van der Waals surface area (Å²) in [6.07, 6.45) is 8.99. The van der Waals surface area contributed by atoms with Crippen LogP contribution in [0.25, 0.3) is 10.8 Å². The van der Waals surface area contributed by atoms with Gasteiger partial charge in [0, 0.05) is 18.7 Å². The zero-order valence-electron chi connectivity index (χ0n) is 28.5. The summed E-state index contributed by atoms with van der Waals surface area (Å²) in [4.78, 5) is 40.3. The van der Waals surface area contributed by atoms with Crippen LogP contribution in [-0.2, 0) is 20.9 Å². The summed E-state index contributed by atoms with van der Waals surface area (Å²) in [5, 5.41) is 9.03. The highest BCUT2D eigenvalue weighted by atomic mass is 35.5. The predicted octanol–water partition coefficient (Wildman–Crippen LogP) is 7.63. The number of hydrogen-bond donors (Lipinski definition) is 2. The quantitative estimate of drug-likeness (QED) is 0.201. The third-order valence-corrected chi connectivity index (χ3v) is 12.1. The molecule has 2 bridgehead atoms. The second-order valence-corrected chi connectivity index (χ2v) is 15.5. The Kier molecular flexibility index (Phi) is 9.78. The van der Waals surface area contributed by atoms with Crippen molar-refractivity contribution in [1.82, 2.24) is 10.6 Å². The Morgan fingerprint density at radius 1 is 0.918 bits per heavy atom. The van der Waals surface area contributed by atoms with Crippen LogP contribution in [0.4, 0.5) is 0 Å². The highest BCUT2D eigenvalue weighted by molar-refractivity contribution is 6.32. The van der Waals surface area contributed by atoms with Crippen molar-refractivity contribution < 1.29 is 28.6 Å². The van der Waals surface area contributed by atoms with Gasteiger partial charge in [0.15, 0.2) is 0 Å². The molecule has 2 N–H and O–H groups in total. The van der Waals surface area contributed by atoms with Crippen LogP contribution in [0.5, 0.6) is 11.5 Å². The standard InChI is InChI=1S/C40H47ClN2O6/c1-40(17-6-18-40)23-42-38(45)35-26-11-12-27(19-26)36(35)43-37(44)31-20-34(32(41)21-33(31)47-2)49-29-15-13-25(14-16-29)39(46)48-22-28-9-5-8-24-7-3-4-10-30(24)28/h3-5,7-10,20-21,25-27,29,35-36H,6,11-19,22-23H2,1-2H3,(H,42,45)(H,43,44). The highest BCUT2D eigenvalue weighted by Gasteiger charge is 2.51. The Morgan fingerprint density at radius 2 is 1.67 bits per heavy atom. The number of carbonyl (C=O) groups excluding carboxylic acids is 3. The monoisotopic (exact) mass is 686 g/mol. The van der Waals surface area contributed by atoms with Gasteiger partial charge in [0.25, 0.3) is 5.91 Å². The summed E-state index contributed by atoms with van der Waals surface area (Å²) in [6, 6.07) is 17.2. The lowest BCUT2D eigenvalue weighted by atomic mass is 9.70. The van der Waals surface area contributed by atoms with Crippen LogP contribution < -0.4 is 20.1 Å². The van der Waals surface area contributed by atoms with Gasteiger partial charge in [0.05, 0.1) is 35.6 Å². The lowest BCUT2D eigenvalue weighted by molar-refractivity contribution is -0.151. The van der Waals surface area contributed by atoms with E-state index >= 15 is 0 Å². The van der Waals surface area contributed by atoms with Crippen molar-refractivity contribution in [2.75, 3.05) is 13.7 Å². The Labute approximate surface area is 293 Å². The van der Waals surface area contributed by atoms with Gasteiger partial charge in [-0.2, -0.15) is 0 Å². The molecule has 0 aromatic heterocycles. The van der Waals surface area contributed by atoms with E-state index in [4.69, 9.17) is 25.8 Å². The van der Waals surface area contributed by atoms with Gasteiger partial charge in [0.1, 0.15) is 18.1 Å². The van der Waals surface area contributed by atoms with E-state index in [9.17, 15) is 14.4 Å². The predicted molar refractivity (Wildman–Crippen MR) is 189 cm³/mol. The van der Waals surface area contributed by atoms with Gasteiger partial charge in [-0.1, -0.05) is 67.4 Å². The number of ether oxygens (including phenoxy) is 3. The van der Waals surface area contributed by atoms with Gasteiger partial charge in [-0.15, -0.1) is 0 Å². The molecule has 4 aliphatic rings. The van der Waals surface area contributed by atoms with Gasteiger partial charge >= 0.3 is 5.97 Å². The molecule has 260 valence electrons. The molecule has 7 rings (SSSR count). The third-order valence-electron chi connectivity index (χ3n) is 11.8. The maximum Gasteiger partial charge on any atom is 0.309 e. The first-order valence-electron chi connectivity index (χ1n) is 18.0. The van der Waals surface area contributed by atoms with Gasteiger partial charge in [-0.25, -0.2) is 0 Å². The smallest absolute Gasteiger partial charge is 0.309 e. The number of halogens is 1. The van der Waals surface area contributed by atoms with E-state index in [-0.39, 0.29) is 59.7 Å². The molecule has 9 heteroatoms. The summed E-state index contributed by atoms with van der Waals surface area (Å²) >= 11 is 6.64.